The minimum atomic E-state index is -3.03. The van der Waals surface area contributed by atoms with Crippen molar-refractivity contribution in [1.29, 1.82) is 0 Å². The molecule has 0 spiro atoms. The highest BCUT2D eigenvalue weighted by Gasteiger charge is 2.22. The van der Waals surface area contributed by atoms with Gasteiger partial charge in [0.15, 0.2) is 11.2 Å². The monoisotopic (exact) mass is 491 g/mol. The van der Waals surface area contributed by atoms with Gasteiger partial charge in [0, 0.05) is 26.3 Å². The Bertz CT molecular complexity index is 1310. The minimum absolute atomic E-state index is 0.151. The van der Waals surface area contributed by atoms with Crippen molar-refractivity contribution < 1.29 is 13.6 Å². The summed E-state index contributed by atoms with van der Waals surface area (Å²) in [5.41, 5.74) is 2.64. The van der Waals surface area contributed by atoms with Gasteiger partial charge in [0.2, 0.25) is 0 Å². The molecule has 0 atom stereocenters. The van der Waals surface area contributed by atoms with Crippen molar-refractivity contribution in [2.45, 2.75) is 53.0 Å². The number of fused-ring (bicyclic) bond motifs is 2. The van der Waals surface area contributed by atoms with E-state index in [2.05, 4.69) is 15.0 Å². The van der Waals surface area contributed by atoms with Crippen molar-refractivity contribution in [3.8, 4) is 0 Å². The highest BCUT2D eigenvalue weighted by Crippen LogP contribution is 2.48. The van der Waals surface area contributed by atoms with E-state index in [4.69, 9.17) is 9.05 Å². The Morgan fingerprint density at radius 3 is 2.29 bits per heavy atom. The molecule has 0 saturated heterocycles. The number of benzene rings is 1. The molecule has 0 unspecified atom stereocenters. The molecule has 2 heterocycles. The van der Waals surface area contributed by atoms with Crippen molar-refractivity contribution in [2.75, 3.05) is 38.4 Å². The van der Waals surface area contributed by atoms with Crippen molar-refractivity contribution >= 4 is 35.5 Å². The first kappa shape index (κ1) is 26.1. The van der Waals surface area contributed by atoms with Gasteiger partial charge in [-0.15, -0.1) is 0 Å². The van der Waals surface area contributed by atoms with Crippen LogP contribution in [-0.4, -0.2) is 53.0 Å². The molecule has 0 aliphatic carbocycles. The van der Waals surface area contributed by atoms with Gasteiger partial charge >= 0.3 is 13.3 Å². The Labute approximate surface area is 198 Å². The van der Waals surface area contributed by atoms with Crippen LogP contribution in [0.4, 0.5) is 5.69 Å². The van der Waals surface area contributed by atoms with E-state index in [0.717, 1.165) is 24.1 Å². The molecular formula is C23H34N5O5P. The lowest BCUT2D eigenvalue weighted by molar-refractivity contribution is 0.219. The summed E-state index contributed by atoms with van der Waals surface area (Å²) in [5, 5.41) is 0. The van der Waals surface area contributed by atoms with Gasteiger partial charge in [-0.25, -0.2) is 14.8 Å². The Balaban J connectivity index is 1.72. The third-order valence-corrected chi connectivity index (χ3v) is 7.76. The van der Waals surface area contributed by atoms with Gasteiger partial charge in [0.25, 0.3) is 5.56 Å². The maximum atomic E-state index is 13.0. The number of hydrogen-bond acceptors (Lipinski definition) is 8. The zero-order valence-electron chi connectivity index (χ0n) is 20.6. The second-order valence-corrected chi connectivity index (χ2v) is 10.6. The Kier molecular flexibility index (Phi) is 8.62. The van der Waals surface area contributed by atoms with Crippen LogP contribution in [-0.2, 0) is 20.2 Å². The Morgan fingerprint density at radius 1 is 1.00 bits per heavy atom. The summed E-state index contributed by atoms with van der Waals surface area (Å²) in [6, 6.07) is 3.80. The minimum Gasteiger partial charge on any atom is -0.377 e. The number of nitrogens with one attached hydrogen (secondary N) is 1. The van der Waals surface area contributed by atoms with Crippen LogP contribution in [0.25, 0.3) is 22.2 Å². The smallest absolute Gasteiger partial charge is 0.330 e. The van der Waals surface area contributed by atoms with Crippen LogP contribution in [0.15, 0.2) is 21.7 Å². The summed E-state index contributed by atoms with van der Waals surface area (Å²) in [6.45, 7) is 6.53. The number of nitrogens with zero attached hydrogens (tertiary/aromatic N) is 4. The summed E-state index contributed by atoms with van der Waals surface area (Å²) in [6.07, 6.45) is 3.25. The van der Waals surface area contributed by atoms with E-state index in [1.54, 1.807) is 13.8 Å². The molecule has 0 amide bonds. The number of aryl methyl sites for hydroxylation is 1. The highest BCUT2D eigenvalue weighted by atomic mass is 31.2. The molecule has 3 rings (SSSR count). The summed E-state index contributed by atoms with van der Waals surface area (Å²) in [7, 11) is 0.859. The molecule has 0 fully saturated rings. The predicted molar refractivity (Wildman–Crippen MR) is 135 cm³/mol. The van der Waals surface area contributed by atoms with E-state index in [0.29, 0.717) is 43.3 Å². The molecule has 11 heteroatoms. The maximum Gasteiger partial charge on any atom is 0.330 e. The second kappa shape index (κ2) is 11.3. The summed E-state index contributed by atoms with van der Waals surface area (Å²) in [5.74, 6) is 0. The number of aromatic amines is 1. The fourth-order valence-corrected chi connectivity index (χ4v) is 5.73. The first-order valence-corrected chi connectivity index (χ1v) is 13.4. The van der Waals surface area contributed by atoms with Crippen LogP contribution in [0.1, 0.15) is 45.1 Å². The molecule has 0 radical (unpaired) electrons. The predicted octanol–water partition coefficient (Wildman–Crippen LogP) is 3.83. The van der Waals surface area contributed by atoms with Crippen LogP contribution < -0.4 is 16.1 Å². The van der Waals surface area contributed by atoms with Crippen LogP contribution in [0.2, 0.25) is 0 Å². The van der Waals surface area contributed by atoms with E-state index in [9.17, 15) is 14.2 Å². The molecule has 0 aliphatic rings. The molecule has 0 saturated carbocycles. The van der Waals surface area contributed by atoms with Gasteiger partial charge in [-0.1, -0.05) is 12.8 Å². The number of unbranched alkanes of at least 4 members (excludes halogenated alkanes) is 3. The topological polar surface area (TPSA) is 119 Å². The summed E-state index contributed by atoms with van der Waals surface area (Å²) in [4.78, 5) is 39.3. The normalized spacial score (nSPS) is 12.0. The molecule has 0 bridgehead atoms. The van der Waals surface area contributed by atoms with Gasteiger partial charge in [-0.05, 0) is 51.3 Å². The molecule has 10 nitrogen and oxygen atoms in total. The molecule has 3 aromatic rings. The van der Waals surface area contributed by atoms with E-state index in [-0.39, 0.29) is 17.7 Å². The fraction of sp³-hybridized carbons (Fsp3) is 0.565. The number of aromatic nitrogens is 4. The number of H-pyrrole nitrogens is 1. The highest BCUT2D eigenvalue weighted by molar-refractivity contribution is 7.53. The summed E-state index contributed by atoms with van der Waals surface area (Å²) < 4.78 is 24.3. The van der Waals surface area contributed by atoms with Crippen molar-refractivity contribution in [3.05, 3.63) is 38.5 Å². The second-order valence-electron chi connectivity index (χ2n) is 8.41. The lowest BCUT2D eigenvalue weighted by Crippen LogP contribution is -2.35. The SMILES string of the molecule is CCOP(=O)(CCCCCCn1c(=O)[nH]c2nc3cc(N(C)C)c(C)cc3nc2c1=O)OCC. The molecule has 186 valence electrons. The third kappa shape index (κ3) is 5.92. The standard InChI is InChI=1S/C23H34N5O5P/c1-6-32-34(31,33-7-2)13-11-9-8-10-12-28-22(29)20-21(26-23(28)30)25-18-15-19(27(4)5)16(3)14-17(18)24-20/h14-15H,6-13H2,1-5H3,(H,25,26,30). The first-order valence-electron chi connectivity index (χ1n) is 11.7. The van der Waals surface area contributed by atoms with Crippen molar-refractivity contribution in [2.24, 2.45) is 0 Å². The molecule has 2 aromatic heterocycles. The van der Waals surface area contributed by atoms with Gasteiger partial charge in [-0.3, -0.25) is 18.9 Å². The molecule has 0 aliphatic heterocycles. The third-order valence-electron chi connectivity index (χ3n) is 5.60. The average molecular weight is 492 g/mol. The molecule has 1 aromatic carbocycles. The van der Waals surface area contributed by atoms with E-state index < -0.39 is 18.8 Å². The lowest BCUT2D eigenvalue weighted by atomic mass is 10.1. The van der Waals surface area contributed by atoms with Gasteiger partial charge in [-0.2, -0.15) is 0 Å². The molecule has 1 N–H and O–H groups in total. The quantitative estimate of drug-likeness (QED) is 0.231. The number of rotatable bonds is 12. The fourth-order valence-electron chi connectivity index (χ4n) is 3.99. The van der Waals surface area contributed by atoms with Gasteiger partial charge < -0.3 is 13.9 Å². The maximum absolute atomic E-state index is 13.0. The Hall–Kier alpha value is -2.55. The van der Waals surface area contributed by atoms with Crippen LogP contribution in [0.5, 0.6) is 0 Å². The van der Waals surface area contributed by atoms with E-state index in [1.165, 1.54) is 4.57 Å². The zero-order valence-corrected chi connectivity index (χ0v) is 21.5. The van der Waals surface area contributed by atoms with Gasteiger partial charge in [0.1, 0.15) is 0 Å². The number of hydrogen-bond donors (Lipinski definition) is 1. The van der Waals surface area contributed by atoms with Crippen LogP contribution >= 0.6 is 7.60 Å². The molecular weight excluding hydrogens is 457 g/mol. The van der Waals surface area contributed by atoms with Crippen molar-refractivity contribution in [1.82, 2.24) is 19.5 Å². The van der Waals surface area contributed by atoms with E-state index >= 15 is 0 Å². The zero-order chi connectivity index (χ0) is 24.9. The van der Waals surface area contributed by atoms with E-state index in [1.807, 2.05) is 38.1 Å². The van der Waals surface area contributed by atoms with Gasteiger partial charge in [0.05, 0.1) is 30.4 Å². The van der Waals surface area contributed by atoms with Crippen LogP contribution in [0.3, 0.4) is 0 Å². The largest absolute Gasteiger partial charge is 0.377 e. The number of anilines is 1. The average Bonchev–Trinajstić information content (AvgIpc) is 2.77. The molecule has 34 heavy (non-hydrogen) atoms. The summed E-state index contributed by atoms with van der Waals surface area (Å²) >= 11 is 0. The lowest BCUT2D eigenvalue weighted by Gasteiger charge is -2.16. The van der Waals surface area contributed by atoms with Crippen molar-refractivity contribution in [3.63, 3.8) is 0 Å². The first-order chi connectivity index (χ1) is 16.2. The Morgan fingerprint density at radius 2 is 1.65 bits per heavy atom. The van der Waals surface area contributed by atoms with Crippen LogP contribution in [0, 0.1) is 6.92 Å².